The van der Waals surface area contributed by atoms with E-state index in [1.807, 2.05) is 6.92 Å². The molecule has 0 fully saturated rings. The minimum absolute atomic E-state index is 0.0551. The molecule has 0 bridgehead atoms. The van der Waals surface area contributed by atoms with Gasteiger partial charge < -0.3 is 0 Å². The summed E-state index contributed by atoms with van der Waals surface area (Å²) in [6.45, 7) is 1.95. The van der Waals surface area contributed by atoms with Gasteiger partial charge in [0.25, 0.3) is 5.56 Å². The zero-order valence-corrected chi connectivity index (χ0v) is 12.1. The van der Waals surface area contributed by atoms with Gasteiger partial charge in [0.15, 0.2) is 5.65 Å². The Kier molecular flexibility index (Phi) is 3.51. The van der Waals surface area contributed by atoms with Crippen LogP contribution in [-0.4, -0.2) is 14.6 Å². The van der Waals surface area contributed by atoms with Crippen LogP contribution in [-0.2, 0) is 12.8 Å². The molecule has 0 spiro atoms. The lowest BCUT2D eigenvalue weighted by Gasteiger charge is -2.08. The van der Waals surface area contributed by atoms with Crippen molar-refractivity contribution < 1.29 is 4.39 Å². The Balaban J connectivity index is 2.12. The molecule has 3 aromatic rings. The van der Waals surface area contributed by atoms with Crippen LogP contribution in [0.1, 0.15) is 23.7 Å². The Labute approximate surface area is 125 Å². The van der Waals surface area contributed by atoms with Gasteiger partial charge >= 0.3 is 0 Å². The Hall–Kier alpha value is -2.14. The van der Waals surface area contributed by atoms with Crippen molar-refractivity contribution in [3.8, 4) is 0 Å². The van der Waals surface area contributed by atoms with Crippen LogP contribution in [0.25, 0.3) is 5.65 Å². The average Bonchev–Trinajstić information content (AvgIpc) is 2.94. The summed E-state index contributed by atoms with van der Waals surface area (Å²) in [5.41, 5.74) is 2.58. The SMILES string of the molecule is CCc1nc2cc[nH]n2c(=O)c1Cc1ccc(F)c(Cl)c1. The summed E-state index contributed by atoms with van der Waals surface area (Å²) in [6.07, 6.45) is 2.69. The maximum atomic E-state index is 13.2. The molecule has 3 rings (SSSR count). The third-order valence-electron chi connectivity index (χ3n) is 3.42. The molecule has 0 aliphatic heterocycles. The van der Waals surface area contributed by atoms with Gasteiger partial charge in [-0.2, -0.15) is 0 Å². The second-order valence-corrected chi connectivity index (χ2v) is 5.18. The zero-order valence-electron chi connectivity index (χ0n) is 11.4. The van der Waals surface area contributed by atoms with Crippen molar-refractivity contribution in [2.45, 2.75) is 19.8 Å². The largest absolute Gasteiger partial charge is 0.297 e. The number of halogens is 2. The number of hydrogen-bond donors (Lipinski definition) is 1. The van der Waals surface area contributed by atoms with Crippen LogP contribution >= 0.6 is 11.6 Å². The van der Waals surface area contributed by atoms with Crippen molar-refractivity contribution in [1.82, 2.24) is 14.6 Å². The summed E-state index contributed by atoms with van der Waals surface area (Å²) in [5, 5.41) is 2.90. The fraction of sp³-hybridized carbons (Fsp3) is 0.200. The Morgan fingerprint density at radius 2 is 2.19 bits per heavy atom. The van der Waals surface area contributed by atoms with Crippen LogP contribution in [0.4, 0.5) is 4.39 Å². The molecule has 4 nitrogen and oxygen atoms in total. The predicted octanol–water partition coefficient (Wildman–Crippen LogP) is 2.97. The number of H-pyrrole nitrogens is 1. The van der Waals surface area contributed by atoms with E-state index in [-0.39, 0.29) is 10.6 Å². The van der Waals surface area contributed by atoms with E-state index >= 15 is 0 Å². The van der Waals surface area contributed by atoms with E-state index in [4.69, 9.17) is 11.6 Å². The number of benzene rings is 1. The maximum Gasteiger partial charge on any atom is 0.276 e. The fourth-order valence-corrected chi connectivity index (χ4v) is 2.57. The summed E-state index contributed by atoms with van der Waals surface area (Å²) in [4.78, 5) is 17.0. The van der Waals surface area contributed by atoms with Gasteiger partial charge in [-0.05, 0) is 24.1 Å². The lowest BCUT2D eigenvalue weighted by atomic mass is 10.0. The number of fused-ring (bicyclic) bond motifs is 1. The third-order valence-corrected chi connectivity index (χ3v) is 3.71. The third kappa shape index (κ3) is 2.45. The maximum absolute atomic E-state index is 13.2. The van der Waals surface area contributed by atoms with Gasteiger partial charge in [-0.15, -0.1) is 0 Å². The minimum atomic E-state index is -0.467. The van der Waals surface area contributed by atoms with E-state index < -0.39 is 5.82 Å². The number of nitrogens with zero attached hydrogens (tertiary/aromatic N) is 2. The van der Waals surface area contributed by atoms with Crippen LogP contribution in [0.15, 0.2) is 35.3 Å². The quantitative estimate of drug-likeness (QED) is 0.809. The second-order valence-electron chi connectivity index (χ2n) is 4.78. The molecule has 0 atom stereocenters. The highest BCUT2D eigenvalue weighted by atomic mass is 35.5. The smallest absolute Gasteiger partial charge is 0.276 e. The second kappa shape index (κ2) is 5.33. The Morgan fingerprint density at radius 1 is 1.38 bits per heavy atom. The molecule has 0 radical (unpaired) electrons. The predicted molar refractivity (Wildman–Crippen MR) is 79.4 cm³/mol. The molecule has 0 amide bonds. The minimum Gasteiger partial charge on any atom is -0.297 e. The molecular weight excluding hydrogens is 293 g/mol. The summed E-state index contributed by atoms with van der Waals surface area (Å²) in [6, 6.07) is 6.23. The van der Waals surface area contributed by atoms with Gasteiger partial charge in [-0.3, -0.25) is 9.89 Å². The molecule has 0 aliphatic carbocycles. The number of aromatic nitrogens is 3. The van der Waals surface area contributed by atoms with Crippen molar-refractivity contribution in [2.75, 3.05) is 0 Å². The normalized spacial score (nSPS) is 11.2. The van der Waals surface area contributed by atoms with E-state index in [2.05, 4.69) is 10.1 Å². The lowest BCUT2D eigenvalue weighted by Crippen LogP contribution is -2.22. The topological polar surface area (TPSA) is 50.2 Å². The molecule has 0 aliphatic rings. The molecule has 2 heterocycles. The van der Waals surface area contributed by atoms with Crippen LogP contribution in [0.2, 0.25) is 5.02 Å². The van der Waals surface area contributed by atoms with Crippen LogP contribution in [0, 0.1) is 5.82 Å². The van der Waals surface area contributed by atoms with Crippen LogP contribution in [0.3, 0.4) is 0 Å². The molecule has 0 unspecified atom stereocenters. The summed E-state index contributed by atoms with van der Waals surface area (Å²) < 4.78 is 14.6. The molecule has 2 aromatic heterocycles. The lowest BCUT2D eigenvalue weighted by molar-refractivity contribution is 0.627. The van der Waals surface area contributed by atoms with Crippen molar-refractivity contribution in [1.29, 1.82) is 0 Å². The van der Waals surface area contributed by atoms with Gasteiger partial charge in [0, 0.05) is 24.2 Å². The molecule has 6 heteroatoms. The standard InChI is InChI=1S/C15H13ClFN3O/c1-2-13-10(7-9-3-4-12(17)11(16)8-9)15(21)20-14(19-13)5-6-18-20/h3-6,8,18H,2,7H2,1H3. The van der Waals surface area contributed by atoms with Crippen molar-refractivity contribution >= 4 is 17.2 Å². The first kappa shape index (κ1) is 13.8. The van der Waals surface area contributed by atoms with Crippen molar-refractivity contribution in [3.63, 3.8) is 0 Å². The number of rotatable bonds is 3. The van der Waals surface area contributed by atoms with E-state index in [0.717, 1.165) is 11.3 Å². The van der Waals surface area contributed by atoms with E-state index in [1.165, 1.54) is 10.6 Å². The zero-order chi connectivity index (χ0) is 15.0. The first-order valence-electron chi connectivity index (χ1n) is 6.62. The van der Waals surface area contributed by atoms with Crippen LogP contribution < -0.4 is 5.56 Å². The van der Waals surface area contributed by atoms with Gasteiger partial charge in [0.1, 0.15) is 5.82 Å². The number of aromatic amines is 1. The van der Waals surface area contributed by atoms with Crippen molar-refractivity contribution in [3.05, 3.63) is 68.5 Å². The Bertz CT molecular complexity index is 869. The average molecular weight is 306 g/mol. The van der Waals surface area contributed by atoms with Gasteiger partial charge in [0.2, 0.25) is 0 Å². The monoisotopic (exact) mass is 305 g/mol. The molecule has 1 aromatic carbocycles. The van der Waals surface area contributed by atoms with E-state index in [9.17, 15) is 9.18 Å². The molecular formula is C15H13ClFN3O. The fourth-order valence-electron chi connectivity index (χ4n) is 2.36. The summed E-state index contributed by atoms with van der Waals surface area (Å²) >= 11 is 5.79. The summed E-state index contributed by atoms with van der Waals surface area (Å²) in [5.74, 6) is -0.467. The molecule has 108 valence electrons. The molecule has 0 saturated heterocycles. The van der Waals surface area contributed by atoms with Gasteiger partial charge in [-0.25, -0.2) is 13.9 Å². The first-order valence-corrected chi connectivity index (χ1v) is 6.99. The van der Waals surface area contributed by atoms with E-state index in [0.29, 0.717) is 24.1 Å². The van der Waals surface area contributed by atoms with Gasteiger partial charge in [0.05, 0.1) is 10.7 Å². The highest BCUT2D eigenvalue weighted by Crippen LogP contribution is 2.18. The molecule has 21 heavy (non-hydrogen) atoms. The van der Waals surface area contributed by atoms with Gasteiger partial charge in [-0.1, -0.05) is 24.6 Å². The highest BCUT2D eigenvalue weighted by Gasteiger charge is 2.13. The van der Waals surface area contributed by atoms with Crippen LogP contribution in [0.5, 0.6) is 0 Å². The molecule has 0 saturated carbocycles. The number of aryl methyl sites for hydroxylation is 1. The number of nitrogens with one attached hydrogen (secondary N) is 1. The first-order chi connectivity index (χ1) is 10.1. The highest BCUT2D eigenvalue weighted by molar-refractivity contribution is 6.30. The number of hydrogen-bond acceptors (Lipinski definition) is 2. The molecule has 1 N–H and O–H groups in total. The van der Waals surface area contributed by atoms with E-state index in [1.54, 1.807) is 24.4 Å². The van der Waals surface area contributed by atoms with Crippen molar-refractivity contribution in [2.24, 2.45) is 0 Å². The summed E-state index contributed by atoms with van der Waals surface area (Å²) in [7, 11) is 0. The Morgan fingerprint density at radius 3 is 2.90 bits per heavy atom.